The van der Waals surface area contributed by atoms with Crippen LogP contribution in [0.3, 0.4) is 0 Å². The number of alkyl halides is 3. The molecule has 2 fully saturated rings. The number of Topliss-reactive ketones (excluding diaryl/α,β-unsaturated/α-hetero) is 1. The molecular formula is C10H14F3NO2. The molecule has 2 aliphatic heterocycles. The summed E-state index contributed by atoms with van der Waals surface area (Å²) in [7, 11) is 1.77. The SMILES string of the molecule is CN1C2COCC1CC(C(F)(F)F)C(=O)C2. The Labute approximate surface area is 91.5 Å². The van der Waals surface area contributed by atoms with E-state index in [1.165, 1.54) is 0 Å². The average Bonchev–Trinajstić information content (AvgIpc) is 2.25. The van der Waals surface area contributed by atoms with Gasteiger partial charge in [0.15, 0.2) is 0 Å². The number of carbonyl (C=O) groups excluding carboxylic acids is 1. The maximum Gasteiger partial charge on any atom is 0.398 e. The Morgan fingerprint density at radius 2 is 1.94 bits per heavy atom. The standard InChI is InChI=1S/C10H14F3NO2/c1-14-6-2-8(10(11,12)13)9(15)3-7(14)5-16-4-6/h6-8H,2-5H2,1H3. The number of likely N-dealkylation sites (N-methyl/N-ethyl adjacent to an activating group) is 1. The summed E-state index contributed by atoms with van der Waals surface area (Å²) in [6.07, 6.45) is -4.65. The summed E-state index contributed by atoms with van der Waals surface area (Å²) in [6.45, 7) is 0.635. The minimum atomic E-state index is -4.42. The third-order valence-electron chi connectivity index (χ3n) is 3.50. The number of ketones is 1. The van der Waals surface area contributed by atoms with E-state index in [9.17, 15) is 18.0 Å². The molecule has 0 N–H and O–H groups in total. The number of ether oxygens (including phenoxy) is 1. The molecule has 3 unspecified atom stereocenters. The van der Waals surface area contributed by atoms with Crippen LogP contribution < -0.4 is 0 Å². The summed E-state index contributed by atoms with van der Waals surface area (Å²) >= 11 is 0. The Morgan fingerprint density at radius 3 is 2.56 bits per heavy atom. The lowest BCUT2D eigenvalue weighted by molar-refractivity contribution is -0.183. The molecule has 0 aromatic carbocycles. The molecule has 3 nitrogen and oxygen atoms in total. The lowest BCUT2D eigenvalue weighted by atomic mass is 9.95. The fourth-order valence-electron chi connectivity index (χ4n) is 2.40. The van der Waals surface area contributed by atoms with Crippen molar-refractivity contribution in [1.29, 1.82) is 0 Å². The summed E-state index contributed by atoms with van der Waals surface area (Å²) in [5.41, 5.74) is 0. The predicted octanol–water partition coefficient (Wildman–Crippen LogP) is 1.23. The van der Waals surface area contributed by atoms with E-state index in [1.54, 1.807) is 7.05 Å². The molecule has 2 rings (SSSR count). The minimum absolute atomic E-state index is 0.0584. The predicted molar refractivity (Wildman–Crippen MR) is 49.9 cm³/mol. The van der Waals surface area contributed by atoms with Gasteiger partial charge in [-0.3, -0.25) is 9.69 Å². The van der Waals surface area contributed by atoms with Crippen LogP contribution in [0.2, 0.25) is 0 Å². The molecule has 0 saturated carbocycles. The second kappa shape index (κ2) is 4.00. The van der Waals surface area contributed by atoms with E-state index >= 15 is 0 Å². The third kappa shape index (κ3) is 2.08. The van der Waals surface area contributed by atoms with E-state index in [0.29, 0.717) is 6.61 Å². The van der Waals surface area contributed by atoms with Gasteiger partial charge in [0.05, 0.1) is 13.2 Å². The van der Waals surface area contributed by atoms with Gasteiger partial charge in [-0.15, -0.1) is 0 Å². The van der Waals surface area contributed by atoms with Gasteiger partial charge >= 0.3 is 6.18 Å². The molecule has 0 radical (unpaired) electrons. The number of hydrogen-bond donors (Lipinski definition) is 0. The Morgan fingerprint density at radius 1 is 1.31 bits per heavy atom. The maximum absolute atomic E-state index is 12.7. The molecule has 2 aliphatic rings. The van der Waals surface area contributed by atoms with E-state index in [0.717, 1.165) is 0 Å². The van der Waals surface area contributed by atoms with Crippen molar-refractivity contribution in [2.75, 3.05) is 20.3 Å². The summed E-state index contributed by atoms with van der Waals surface area (Å²) in [5, 5.41) is 0. The molecule has 0 amide bonds. The number of nitrogens with zero attached hydrogens (tertiary/aromatic N) is 1. The van der Waals surface area contributed by atoms with Crippen LogP contribution >= 0.6 is 0 Å². The topological polar surface area (TPSA) is 29.5 Å². The highest BCUT2D eigenvalue weighted by Gasteiger charge is 2.49. The quantitative estimate of drug-likeness (QED) is 0.634. The summed E-state index contributed by atoms with van der Waals surface area (Å²) in [5.74, 6) is -2.51. The summed E-state index contributed by atoms with van der Waals surface area (Å²) in [4.78, 5) is 13.4. The molecule has 6 heteroatoms. The van der Waals surface area contributed by atoms with Gasteiger partial charge in [0.2, 0.25) is 0 Å². The fraction of sp³-hybridized carbons (Fsp3) is 0.900. The van der Waals surface area contributed by atoms with Crippen molar-refractivity contribution in [3.05, 3.63) is 0 Å². The molecular weight excluding hydrogens is 223 g/mol. The Balaban J connectivity index is 2.22. The van der Waals surface area contributed by atoms with E-state index < -0.39 is 17.9 Å². The van der Waals surface area contributed by atoms with E-state index in [2.05, 4.69) is 0 Å². The van der Waals surface area contributed by atoms with Gasteiger partial charge in [0.1, 0.15) is 11.7 Å². The van der Waals surface area contributed by atoms with Gasteiger partial charge in [0, 0.05) is 18.5 Å². The molecule has 2 saturated heterocycles. The van der Waals surface area contributed by atoms with Crippen LogP contribution in [0, 0.1) is 5.92 Å². The van der Waals surface area contributed by atoms with E-state index in [1.807, 2.05) is 4.90 Å². The molecule has 2 heterocycles. The highest BCUT2D eigenvalue weighted by molar-refractivity contribution is 5.82. The van der Waals surface area contributed by atoms with Gasteiger partial charge in [-0.25, -0.2) is 0 Å². The summed E-state index contributed by atoms with van der Waals surface area (Å²) in [6, 6.07) is -0.490. The lowest BCUT2D eigenvalue weighted by Gasteiger charge is -2.37. The summed E-state index contributed by atoms with van der Waals surface area (Å²) < 4.78 is 43.3. The van der Waals surface area contributed by atoms with E-state index in [4.69, 9.17) is 4.74 Å². The van der Waals surface area contributed by atoms with Crippen molar-refractivity contribution in [2.24, 2.45) is 5.92 Å². The van der Waals surface area contributed by atoms with Gasteiger partial charge in [-0.1, -0.05) is 0 Å². The Bertz CT molecular complexity index is 292. The fourth-order valence-corrected chi connectivity index (χ4v) is 2.40. The van der Waals surface area contributed by atoms with Crippen molar-refractivity contribution in [3.63, 3.8) is 0 Å². The molecule has 2 bridgehead atoms. The zero-order chi connectivity index (χ0) is 11.9. The highest BCUT2D eigenvalue weighted by Crippen LogP contribution is 2.36. The normalized spacial score (nSPS) is 37.2. The Hall–Kier alpha value is -0.620. The largest absolute Gasteiger partial charge is 0.398 e. The molecule has 92 valence electrons. The van der Waals surface area contributed by atoms with Crippen molar-refractivity contribution in [2.45, 2.75) is 31.1 Å². The third-order valence-corrected chi connectivity index (χ3v) is 3.50. The van der Waals surface area contributed by atoms with Gasteiger partial charge < -0.3 is 4.74 Å². The zero-order valence-corrected chi connectivity index (χ0v) is 8.96. The number of hydrogen-bond acceptors (Lipinski definition) is 3. The van der Waals surface area contributed by atoms with Crippen molar-refractivity contribution < 1.29 is 22.7 Å². The number of fused-ring (bicyclic) bond motifs is 2. The maximum atomic E-state index is 12.7. The first-order valence-corrected chi connectivity index (χ1v) is 5.28. The van der Waals surface area contributed by atoms with E-state index in [-0.39, 0.29) is 31.5 Å². The first kappa shape index (κ1) is 11.9. The molecule has 0 aliphatic carbocycles. The molecule has 3 atom stereocenters. The van der Waals surface area contributed by atoms with Gasteiger partial charge in [-0.05, 0) is 13.5 Å². The first-order valence-electron chi connectivity index (χ1n) is 5.28. The minimum Gasteiger partial charge on any atom is -0.378 e. The Kier molecular flexibility index (Phi) is 2.96. The highest BCUT2D eigenvalue weighted by atomic mass is 19.4. The smallest absolute Gasteiger partial charge is 0.378 e. The number of rotatable bonds is 0. The molecule has 16 heavy (non-hydrogen) atoms. The van der Waals surface area contributed by atoms with Gasteiger partial charge in [-0.2, -0.15) is 13.2 Å². The zero-order valence-electron chi connectivity index (χ0n) is 8.96. The first-order chi connectivity index (χ1) is 7.39. The van der Waals surface area contributed by atoms with Gasteiger partial charge in [0.25, 0.3) is 0 Å². The van der Waals surface area contributed by atoms with Crippen LogP contribution in [0.25, 0.3) is 0 Å². The van der Waals surface area contributed by atoms with Crippen LogP contribution in [0.15, 0.2) is 0 Å². The van der Waals surface area contributed by atoms with Crippen LogP contribution in [0.4, 0.5) is 13.2 Å². The van der Waals surface area contributed by atoms with Crippen LogP contribution in [0.1, 0.15) is 12.8 Å². The molecule has 0 spiro atoms. The molecule has 0 aromatic heterocycles. The van der Waals surface area contributed by atoms with Crippen molar-refractivity contribution >= 4 is 5.78 Å². The van der Waals surface area contributed by atoms with Crippen molar-refractivity contribution in [3.8, 4) is 0 Å². The number of halogens is 3. The van der Waals surface area contributed by atoms with Crippen LogP contribution in [-0.4, -0.2) is 49.2 Å². The van der Waals surface area contributed by atoms with Crippen LogP contribution in [0.5, 0.6) is 0 Å². The average molecular weight is 237 g/mol. The van der Waals surface area contributed by atoms with Crippen molar-refractivity contribution in [1.82, 2.24) is 4.90 Å². The monoisotopic (exact) mass is 237 g/mol. The number of carbonyl (C=O) groups is 1. The van der Waals surface area contributed by atoms with Crippen LogP contribution in [-0.2, 0) is 9.53 Å². The molecule has 0 aromatic rings. The second-order valence-corrected chi connectivity index (χ2v) is 4.51. The number of morpholine rings is 1. The second-order valence-electron chi connectivity index (χ2n) is 4.51. The lowest BCUT2D eigenvalue weighted by Crippen LogP contribution is -2.49.